The Hall–Kier alpha value is -3.34. The molecule has 0 spiro atoms. The van der Waals surface area contributed by atoms with Crippen molar-refractivity contribution < 1.29 is 9.13 Å². The van der Waals surface area contributed by atoms with Gasteiger partial charge in [0, 0.05) is 34.6 Å². The topological polar surface area (TPSA) is 49.9 Å². The third-order valence-corrected chi connectivity index (χ3v) is 4.15. The highest BCUT2D eigenvalue weighted by molar-refractivity contribution is 5.95. The van der Waals surface area contributed by atoms with E-state index in [1.54, 1.807) is 12.3 Å². The van der Waals surface area contributed by atoms with Crippen LogP contribution in [0.25, 0.3) is 22.2 Å². The maximum absolute atomic E-state index is 13.6. The Morgan fingerprint density at radius 1 is 1.04 bits per heavy atom. The van der Waals surface area contributed by atoms with Crippen LogP contribution in [0.2, 0.25) is 0 Å². The van der Waals surface area contributed by atoms with Crippen molar-refractivity contribution in [1.82, 2.24) is 9.97 Å². The molecule has 0 fully saturated rings. The van der Waals surface area contributed by atoms with Crippen molar-refractivity contribution in [1.29, 1.82) is 0 Å². The molecule has 0 saturated heterocycles. The lowest BCUT2D eigenvalue weighted by atomic mass is 10.1. The second-order valence-corrected chi connectivity index (χ2v) is 6.63. The van der Waals surface area contributed by atoms with Crippen LogP contribution in [0.5, 0.6) is 5.75 Å². The molecule has 0 radical (unpaired) electrons. The van der Waals surface area contributed by atoms with E-state index in [0.29, 0.717) is 0 Å². The van der Waals surface area contributed by atoms with Crippen LogP contribution in [-0.4, -0.2) is 16.1 Å². The number of rotatable bonds is 5. The summed E-state index contributed by atoms with van der Waals surface area (Å²) in [4.78, 5) is 7.80. The van der Waals surface area contributed by atoms with Crippen molar-refractivity contribution in [3.05, 3.63) is 72.7 Å². The molecular formula is C22H20FN3O. The van der Waals surface area contributed by atoms with Crippen LogP contribution < -0.4 is 10.1 Å². The molecule has 0 unspecified atom stereocenters. The number of hydrogen-bond donors (Lipinski definition) is 2. The largest absolute Gasteiger partial charge is 0.491 e. The fourth-order valence-electron chi connectivity index (χ4n) is 3.02. The molecule has 0 aliphatic rings. The van der Waals surface area contributed by atoms with Gasteiger partial charge in [0.1, 0.15) is 17.4 Å². The minimum atomic E-state index is -0.260. The third-order valence-electron chi connectivity index (χ3n) is 4.15. The zero-order chi connectivity index (χ0) is 18.8. The van der Waals surface area contributed by atoms with E-state index in [1.165, 1.54) is 12.1 Å². The van der Waals surface area contributed by atoms with Crippen molar-refractivity contribution in [2.75, 3.05) is 5.32 Å². The van der Waals surface area contributed by atoms with Crippen molar-refractivity contribution in [2.45, 2.75) is 20.0 Å². The summed E-state index contributed by atoms with van der Waals surface area (Å²) in [6, 6.07) is 18.2. The molecule has 0 aliphatic heterocycles. The Bertz CT molecular complexity index is 1090. The van der Waals surface area contributed by atoms with E-state index in [9.17, 15) is 4.39 Å². The SMILES string of the molecule is CC(C)Oc1cccc(Nc2nccc3[nH]c(-c4cccc(F)c4)cc23)c1. The molecule has 0 bridgehead atoms. The smallest absolute Gasteiger partial charge is 0.139 e. The molecule has 4 nitrogen and oxygen atoms in total. The highest BCUT2D eigenvalue weighted by Crippen LogP contribution is 2.30. The van der Waals surface area contributed by atoms with E-state index in [2.05, 4.69) is 15.3 Å². The second-order valence-electron chi connectivity index (χ2n) is 6.63. The van der Waals surface area contributed by atoms with Gasteiger partial charge in [0.2, 0.25) is 0 Å². The molecule has 4 rings (SSSR count). The number of fused-ring (bicyclic) bond motifs is 1. The normalized spacial score (nSPS) is 11.1. The summed E-state index contributed by atoms with van der Waals surface area (Å²) < 4.78 is 19.3. The van der Waals surface area contributed by atoms with Crippen molar-refractivity contribution >= 4 is 22.4 Å². The van der Waals surface area contributed by atoms with E-state index in [1.807, 2.05) is 56.3 Å². The number of nitrogens with one attached hydrogen (secondary N) is 2. The number of hydrogen-bond acceptors (Lipinski definition) is 3. The number of aromatic amines is 1. The van der Waals surface area contributed by atoms with Crippen LogP contribution in [0.3, 0.4) is 0 Å². The number of ether oxygens (including phenoxy) is 1. The molecule has 2 heterocycles. The quantitative estimate of drug-likeness (QED) is 0.465. The summed E-state index contributed by atoms with van der Waals surface area (Å²) in [6.45, 7) is 3.99. The maximum atomic E-state index is 13.6. The predicted octanol–water partition coefficient (Wildman–Crippen LogP) is 5.90. The molecule has 0 amide bonds. The fourth-order valence-corrected chi connectivity index (χ4v) is 3.02. The van der Waals surface area contributed by atoms with Crippen LogP contribution in [0.15, 0.2) is 66.9 Å². The average molecular weight is 361 g/mol. The Balaban J connectivity index is 1.68. The number of anilines is 2. The van der Waals surface area contributed by atoms with Crippen LogP contribution in [-0.2, 0) is 0 Å². The first-order valence-corrected chi connectivity index (χ1v) is 8.86. The monoisotopic (exact) mass is 361 g/mol. The zero-order valence-electron chi connectivity index (χ0n) is 15.2. The minimum Gasteiger partial charge on any atom is -0.491 e. The van der Waals surface area contributed by atoms with Gasteiger partial charge < -0.3 is 15.0 Å². The number of pyridine rings is 1. The van der Waals surface area contributed by atoms with Crippen molar-refractivity contribution in [3.8, 4) is 17.0 Å². The first-order chi connectivity index (χ1) is 13.1. The zero-order valence-corrected chi connectivity index (χ0v) is 15.2. The van der Waals surface area contributed by atoms with Gasteiger partial charge in [0.15, 0.2) is 0 Å². The van der Waals surface area contributed by atoms with E-state index in [-0.39, 0.29) is 11.9 Å². The van der Waals surface area contributed by atoms with Gasteiger partial charge in [0.05, 0.1) is 11.6 Å². The third kappa shape index (κ3) is 3.77. The molecule has 0 saturated carbocycles. The van der Waals surface area contributed by atoms with Gasteiger partial charge in [-0.25, -0.2) is 9.37 Å². The Labute approximate surface area is 157 Å². The summed E-state index contributed by atoms with van der Waals surface area (Å²) in [5.74, 6) is 1.27. The lowest BCUT2D eigenvalue weighted by Crippen LogP contribution is -2.05. The van der Waals surface area contributed by atoms with Crippen LogP contribution in [0.4, 0.5) is 15.9 Å². The Morgan fingerprint density at radius 2 is 1.89 bits per heavy atom. The lowest BCUT2D eigenvalue weighted by molar-refractivity contribution is 0.242. The molecule has 27 heavy (non-hydrogen) atoms. The lowest BCUT2D eigenvalue weighted by Gasteiger charge is -2.12. The van der Waals surface area contributed by atoms with Gasteiger partial charge in [0.25, 0.3) is 0 Å². The summed E-state index contributed by atoms with van der Waals surface area (Å²) in [6.07, 6.45) is 1.85. The number of nitrogens with zero attached hydrogens (tertiary/aromatic N) is 1. The molecule has 2 aromatic carbocycles. The van der Waals surface area contributed by atoms with E-state index in [4.69, 9.17) is 4.74 Å². The number of halogens is 1. The van der Waals surface area contributed by atoms with Crippen LogP contribution in [0.1, 0.15) is 13.8 Å². The highest BCUT2D eigenvalue weighted by Gasteiger charge is 2.10. The number of benzene rings is 2. The molecule has 2 aromatic heterocycles. The molecule has 2 N–H and O–H groups in total. The molecule has 5 heteroatoms. The van der Waals surface area contributed by atoms with E-state index < -0.39 is 0 Å². The van der Waals surface area contributed by atoms with Crippen molar-refractivity contribution in [2.24, 2.45) is 0 Å². The first kappa shape index (κ1) is 17.1. The standard InChI is InChI=1S/C22H20FN3O/c1-14(2)27-18-8-4-7-17(12-18)25-22-19-13-21(26-20(19)9-10-24-22)15-5-3-6-16(23)11-15/h3-14,26H,1-2H3,(H,24,25). The van der Waals surface area contributed by atoms with Crippen molar-refractivity contribution in [3.63, 3.8) is 0 Å². The highest BCUT2D eigenvalue weighted by atomic mass is 19.1. The number of H-pyrrole nitrogens is 1. The summed E-state index contributed by atoms with van der Waals surface area (Å²) in [7, 11) is 0. The van der Waals surface area contributed by atoms with E-state index >= 15 is 0 Å². The van der Waals surface area contributed by atoms with Gasteiger partial charge in [-0.3, -0.25) is 0 Å². The fraction of sp³-hybridized carbons (Fsp3) is 0.136. The van der Waals surface area contributed by atoms with E-state index in [0.717, 1.165) is 39.4 Å². The Kier molecular flexibility index (Phi) is 4.50. The van der Waals surface area contributed by atoms with Gasteiger partial charge in [-0.2, -0.15) is 0 Å². The molecule has 4 aromatic rings. The molecular weight excluding hydrogens is 341 g/mol. The van der Waals surface area contributed by atoms with Crippen LogP contribution in [0, 0.1) is 5.82 Å². The molecule has 0 aliphatic carbocycles. The number of aromatic nitrogens is 2. The van der Waals surface area contributed by atoms with Gasteiger partial charge in [-0.05, 0) is 50.2 Å². The molecule has 0 atom stereocenters. The second kappa shape index (κ2) is 7.11. The predicted molar refractivity (Wildman–Crippen MR) is 107 cm³/mol. The minimum absolute atomic E-state index is 0.111. The summed E-state index contributed by atoms with van der Waals surface area (Å²) in [5, 5.41) is 4.29. The van der Waals surface area contributed by atoms with Gasteiger partial charge in [-0.15, -0.1) is 0 Å². The van der Waals surface area contributed by atoms with Gasteiger partial charge in [-0.1, -0.05) is 18.2 Å². The average Bonchev–Trinajstić information content (AvgIpc) is 3.07. The van der Waals surface area contributed by atoms with Gasteiger partial charge >= 0.3 is 0 Å². The summed E-state index contributed by atoms with van der Waals surface area (Å²) in [5.41, 5.74) is 3.46. The molecule has 136 valence electrons. The van der Waals surface area contributed by atoms with Crippen LogP contribution >= 0.6 is 0 Å². The Morgan fingerprint density at radius 3 is 2.70 bits per heavy atom. The first-order valence-electron chi connectivity index (χ1n) is 8.86. The summed E-state index contributed by atoms with van der Waals surface area (Å²) >= 11 is 0. The maximum Gasteiger partial charge on any atom is 0.139 e.